The molecule has 2 aromatic heterocycles. The van der Waals surface area contributed by atoms with Crippen LogP contribution in [-0.4, -0.2) is 67.3 Å². The van der Waals surface area contributed by atoms with Gasteiger partial charge in [0.15, 0.2) is 11.6 Å². The third kappa shape index (κ3) is 3.35. The molecule has 1 atom stereocenters. The number of carbonyl (C=O) groups excluding carboxylic acids is 1. The number of hydrazine groups is 2. The molecule has 3 aromatic rings. The largest absolute Gasteiger partial charge is 0.463 e. The standard InChI is InChI=1S/C23H21F2N9O2/c1-2-33-23(35)31(8-7-30-12-14(11-28-30)16-6-5-15(24)10-17(16)25)22-29-21-20(34(22)33)19(27-13-32(21)26)18-4-3-9-36-18/h3-6,9-13,22H,2,7-8,26H2,1H3. The van der Waals surface area contributed by atoms with Gasteiger partial charge in [0, 0.05) is 36.5 Å². The first kappa shape index (κ1) is 22.0. The van der Waals surface area contributed by atoms with E-state index < -0.39 is 17.9 Å². The molecule has 3 aliphatic rings. The summed E-state index contributed by atoms with van der Waals surface area (Å²) in [5, 5.41) is 8.95. The fourth-order valence-electron chi connectivity index (χ4n) is 4.52. The molecule has 3 aliphatic heterocycles. The monoisotopic (exact) mass is 493 g/mol. The maximum atomic E-state index is 14.2. The minimum absolute atomic E-state index is 0.230. The molecule has 6 rings (SSSR count). The smallest absolute Gasteiger partial charge is 0.342 e. The van der Waals surface area contributed by atoms with Crippen LogP contribution in [-0.2, 0) is 6.54 Å². The third-order valence-electron chi connectivity index (χ3n) is 6.18. The molecule has 2 amide bonds. The third-order valence-corrected chi connectivity index (χ3v) is 6.18. The van der Waals surface area contributed by atoms with Crippen molar-refractivity contribution < 1.29 is 18.0 Å². The summed E-state index contributed by atoms with van der Waals surface area (Å²) in [7, 11) is 0. The lowest BCUT2D eigenvalue weighted by Crippen LogP contribution is -2.45. The fraction of sp³-hybridized carbons (Fsp3) is 0.217. The quantitative estimate of drug-likeness (QED) is 0.529. The van der Waals surface area contributed by atoms with E-state index in [-0.39, 0.29) is 18.1 Å². The summed E-state index contributed by atoms with van der Waals surface area (Å²) in [6.07, 6.45) is 5.49. The number of benzene rings is 1. The zero-order valence-corrected chi connectivity index (χ0v) is 19.1. The number of nitrogens with two attached hydrogens (primary N) is 1. The van der Waals surface area contributed by atoms with Crippen molar-refractivity contribution in [2.75, 3.05) is 13.1 Å². The zero-order valence-electron chi connectivity index (χ0n) is 19.1. The molecule has 1 saturated heterocycles. The van der Waals surface area contributed by atoms with Crippen LogP contribution in [0.1, 0.15) is 12.7 Å². The Balaban J connectivity index is 1.28. The van der Waals surface area contributed by atoms with Gasteiger partial charge in [-0.25, -0.2) is 44.4 Å². The Bertz CT molecular complexity index is 1430. The van der Waals surface area contributed by atoms with E-state index in [9.17, 15) is 13.6 Å². The number of rotatable bonds is 6. The average molecular weight is 493 g/mol. The van der Waals surface area contributed by atoms with Gasteiger partial charge in [-0.1, -0.05) is 0 Å². The van der Waals surface area contributed by atoms with Crippen LogP contribution in [0.3, 0.4) is 0 Å². The van der Waals surface area contributed by atoms with Gasteiger partial charge in [0.2, 0.25) is 6.29 Å². The van der Waals surface area contributed by atoms with E-state index in [0.717, 1.165) is 6.07 Å². The molecule has 0 saturated carbocycles. The highest BCUT2D eigenvalue weighted by Crippen LogP contribution is 2.39. The molecule has 184 valence electrons. The summed E-state index contributed by atoms with van der Waals surface area (Å²) in [6.45, 7) is 2.86. The summed E-state index contributed by atoms with van der Waals surface area (Å²) in [6, 6.07) is 6.70. The van der Waals surface area contributed by atoms with Gasteiger partial charge in [-0.2, -0.15) is 5.10 Å². The van der Waals surface area contributed by atoms with E-state index >= 15 is 0 Å². The van der Waals surface area contributed by atoms with Crippen LogP contribution in [0, 0.1) is 11.6 Å². The Hall–Kier alpha value is -4.52. The Labute approximate surface area is 203 Å². The number of amidine groups is 1. The number of aliphatic imine (C=N–C) groups is 2. The number of nitrogens with zero attached hydrogens (tertiary/aromatic N) is 8. The molecule has 1 aromatic carbocycles. The first-order valence-corrected chi connectivity index (χ1v) is 11.3. The molecule has 0 spiro atoms. The lowest BCUT2D eigenvalue weighted by molar-refractivity contribution is 0.0676. The molecular formula is C23H21F2N9O2. The highest BCUT2D eigenvalue weighted by molar-refractivity contribution is 6.12. The summed E-state index contributed by atoms with van der Waals surface area (Å²) in [5.74, 6) is 5.80. The first-order chi connectivity index (χ1) is 17.5. The van der Waals surface area contributed by atoms with Gasteiger partial charge in [0.1, 0.15) is 29.4 Å². The van der Waals surface area contributed by atoms with Crippen molar-refractivity contribution in [3.8, 4) is 11.1 Å². The predicted octanol–water partition coefficient (Wildman–Crippen LogP) is 2.68. The van der Waals surface area contributed by atoms with E-state index in [2.05, 4.69) is 10.1 Å². The second-order valence-corrected chi connectivity index (χ2v) is 8.28. The number of amides is 2. The van der Waals surface area contributed by atoms with E-state index in [1.807, 2.05) is 6.92 Å². The fourth-order valence-corrected chi connectivity index (χ4v) is 4.52. The summed E-state index contributed by atoms with van der Waals surface area (Å²) < 4.78 is 34.6. The summed E-state index contributed by atoms with van der Waals surface area (Å²) >= 11 is 0. The summed E-state index contributed by atoms with van der Waals surface area (Å²) in [5.41, 5.74) is 1.85. The SMILES string of the molecule is CCN1C(=O)N(CCn2cc(-c3ccc(F)cc3F)cn2)C2N=C3C(=C(c4ccco4)N=CN3N)N21. The normalized spacial score (nSPS) is 18.9. The number of halogens is 2. The van der Waals surface area contributed by atoms with Crippen molar-refractivity contribution in [2.24, 2.45) is 15.8 Å². The lowest BCUT2D eigenvalue weighted by atomic mass is 10.1. The number of aromatic nitrogens is 2. The maximum absolute atomic E-state index is 14.2. The van der Waals surface area contributed by atoms with Crippen LogP contribution in [0.2, 0.25) is 0 Å². The second-order valence-electron chi connectivity index (χ2n) is 8.28. The van der Waals surface area contributed by atoms with Crippen molar-refractivity contribution in [2.45, 2.75) is 19.8 Å². The molecule has 0 radical (unpaired) electrons. The van der Waals surface area contributed by atoms with Crippen molar-refractivity contribution >= 4 is 23.9 Å². The molecule has 2 N–H and O–H groups in total. The van der Waals surface area contributed by atoms with E-state index in [1.165, 1.54) is 29.7 Å². The van der Waals surface area contributed by atoms with E-state index in [0.29, 0.717) is 41.6 Å². The second kappa shape index (κ2) is 8.30. The topological polar surface area (TPSA) is 112 Å². The molecule has 1 fully saturated rings. The van der Waals surface area contributed by atoms with Gasteiger partial charge >= 0.3 is 6.03 Å². The van der Waals surface area contributed by atoms with Crippen LogP contribution >= 0.6 is 0 Å². The van der Waals surface area contributed by atoms with Gasteiger partial charge < -0.3 is 4.42 Å². The van der Waals surface area contributed by atoms with Crippen LogP contribution < -0.4 is 5.84 Å². The van der Waals surface area contributed by atoms with Gasteiger partial charge in [-0.15, -0.1) is 0 Å². The lowest BCUT2D eigenvalue weighted by Gasteiger charge is -2.30. The van der Waals surface area contributed by atoms with Crippen molar-refractivity contribution in [1.82, 2.24) is 29.7 Å². The Morgan fingerprint density at radius 2 is 2.06 bits per heavy atom. The average Bonchev–Trinajstić information content (AvgIpc) is 3.64. The highest BCUT2D eigenvalue weighted by Gasteiger charge is 2.52. The van der Waals surface area contributed by atoms with Gasteiger partial charge in [0.05, 0.1) is 19.0 Å². The number of urea groups is 1. The predicted molar refractivity (Wildman–Crippen MR) is 125 cm³/mol. The first-order valence-electron chi connectivity index (χ1n) is 11.3. The molecule has 0 bridgehead atoms. The van der Waals surface area contributed by atoms with Crippen molar-refractivity contribution in [1.29, 1.82) is 0 Å². The Morgan fingerprint density at radius 1 is 1.19 bits per heavy atom. The minimum atomic E-state index is -0.669. The van der Waals surface area contributed by atoms with Crippen LogP contribution in [0.25, 0.3) is 16.8 Å². The zero-order chi connectivity index (χ0) is 25.0. The van der Waals surface area contributed by atoms with Crippen molar-refractivity contribution in [3.05, 3.63) is 72.1 Å². The molecule has 1 unspecified atom stereocenters. The van der Waals surface area contributed by atoms with Crippen LogP contribution in [0.5, 0.6) is 0 Å². The highest BCUT2D eigenvalue weighted by atomic mass is 19.1. The molecule has 5 heterocycles. The molecule has 0 aliphatic carbocycles. The number of furan rings is 1. The van der Waals surface area contributed by atoms with Gasteiger partial charge in [0.25, 0.3) is 0 Å². The van der Waals surface area contributed by atoms with Gasteiger partial charge in [-0.3, -0.25) is 9.58 Å². The molecule has 36 heavy (non-hydrogen) atoms. The van der Waals surface area contributed by atoms with E-state index in [1.54, 1.807) is 44.2 Å². The number of hydrogen-bond acceptors (Lipinski definition) is 8. The van der Waals surface area contributed by atoms with E-state index in [4.69, 9.17) is 15.3 Å². The maximum Gasteiger partial charge on any atom is 0.342 e. The van der Waals surface area contributed by atoms with Crippen LogP contribution in [0.15, 0.2) is 69.1 Å². The number of fused-ring (bicyclic) bond motifs is 3. The minimum Gasteiger partial charge on any atom is -0.463 e. The molecule has 13 heteroatoms. The van der Waals surface area contributed by atoms with Gasteiger partial charge in [-0.05, 0) is 31.2 Å². The van der Waals surface area contributed by atoms with Crippen molar-refractivity contribution in [3.63, 3.8) is 0 Å². The Morgan fingerprint density at radius 3 is 2.81 bits per heavy atom. The number of carbonyl (C=O) groups is 1. The number of hydrogen-bond donors (Lipinski definition) is 1. The molecular weight excluding hydrogens is 472 g/mol. The Kier molecular flexibility index (Phi) is 5.07. The summed E-state index contributed by atoms with van der Waals surface area (Å²) in [4.78, 5) is 24.1. The molecule has 11 nitrogen and oxygen atoms in total. The van der Waals surface area contributed by atoms with Crippen LogP contribution in [0.4, 0.5) is 13.6 Å².